The lowest BCUT2D eigenvalue weighted by molar-refractivity contribution is -0.799. The minimum absolute atomic E-state index is 0.731. The minimum atomic E-state index is 0.731. The van der Waals surface area contributed by atoms with Crippen molar-refractivity contribution < 1.29 is 4.48 Å². The van der Waals surface area contributed by atoms with Crippen LogP contribution in [0, 0.1) is 0 Å². The van der Waals surface area contributed by atoms with Gasteiger partial charge >= 0.3 is 0 Å². The first-order valence-electron chi connectivity index (χ1n) is 8.11. The highest BCUT2D eigenvalue weighted by molar-refractivity contribution is 6.09. The van der Waals surface area contributed by atoms with Crippen LogP contribution in [0.25, 0.3) is 27.8 Å². The molecule has 0 saturated heterocycles. The van der Waals surface area contributed by atoms with Crippen molar-refractivity contribution in [3.8, 4) is 0 Å². The van der Waals surface area contributed by atoms with E-state index >= 15 is 0 Å². The van der Waals surface area contributed by atoms with E-state index in [0.29, 0.717) is 0 Å². The molecule has 24 heavy (non-hydrogen) atoms. The Kier molecular flexibility index (Phi) is 3.44. The van der Waals surface area contributed by atoms with Crippen LogP contribution in [-0.4, -0.2) is 23.1 Å². The van der Waals surface area contributed by atoms with Crippen LogP contribution in [0.5, 0.6) is 0 Å². The molecule has 2 heterocycles. The summed E-state index contributed by atoms with van der Waals surface area (Å²) in [6, 6.07) is 14.3. The number of nitrogens with zero attached hydrogens (tertiary/aromatic N) is 2. The van der Waals surface area contributed by atoms with E-state index < -0.39 is 0 Å². The minimum Gasteiger partial charge on any atom is -0.399 e. The molecular weight excluding hydrogens is 294 g/mol. The fraction of sp³-hybridized carbons (Fsp3) is 0.0952. The molecule has 1 atom stereocenters. The van der Waals surface area contributed by atoms with Crippen LogP contribution in [0.2, 0.25) is 0 Å². The third-order valence-corrected chi connectivity index (χ3v) is 4.50. The number of allylic oxidation sites excluding steroid dienone is 2. The predicted octanol–water partition coefficient (Wildman–Crippen LogP) is 4.47. The summed E-state index contributed by atoms with van der Waals surface area (Å²) in [5.74, 6) is 0. The lowest BCUT2D eigenvalue weighted by Crippen LogP contribution is -2.32. The van der Waals surface area contributed by atoms with E-state index in [2.05, 4.69) is 62.0 Å². The van der Waals surface area contributed by atoms with Crippen molar-refractivity contribution in [3.05, 3.63) is 78.8 Å². The van der Waals surface area contributed by atoms with Gasteiger partial charge < -0.3 is 5.73 Å². The van der Waals surface area contributed by atoms with Gasteiger partial charge in [0.2, 0.25) is 0 Å². The third kappa shape index (κ3) is 2.59. The van der Waals surface area contributed by atoms with Gasteiger partial charge in [-0.25, -0.2) is 4.98 Å². The number of pyridine rings is 1. The number of para-hydroxylation sites is 1. The predicted molar refractivity (Wildman–Crippen MR) is 102 cm³/mol. The normalized spacial score (nSPS) is 20.4. The third-order valence-electron chi connectivity index (χ3n) is 4.50. The molecule has 1 unspecified atom stereocenters. The van der Waals surface area contributed by atoms with E-state index in [4.69, 9.17) is 10.7 Å². The molecule has 0 bridgehead atoms. The maximum absolute atomic E-state index is 6.03. The van der Waals surface area contributed by atoms with Crippen LogP contribution in [0.4, 0.5) is 5.69 Å². The molecule has 4 rings (SSSR count). The molecule has 0 fully saturated rings. The van der Waals surface area contributed by atoms with Crippen LogP contribution in [0.15, 0.2) is 73.1 Å². The summed E-state index contributed by atoms with van der Waals surface area (Å²) >= 11 is 0. The summed E-state index contributed by atoms with van der Waals surface area (Å²) in [5.41, 5.74) is 8.75. The first-order valence-corrected chi connectivity index (χ1v) is 8.11. The lowest BCUT2D eigenvalue weighted by Gasteiger charge is -2.25. The fourth-order valence-corrected chi connectivity index (χ4v) is 3.15. The molecule has 3 aromatic rings. The molecule has 1 aliphatic heterocycles. The van der Waals surface area contributed by atoms with E-state index in [1.54, 1.807) is 0 Å². The number of nitrogens with two attached hydrogens (primary N) is 1. The van der Waals surface area contributed by atoms with Crippen molar-refractivity contribution in [2.75, 3.05) is 19.3 Å². The summed E-state index contributed by atoms with van der Waals surface area (Å²) in [6.45, 7) is 0.945. The molecule has 2 N–H and O–H groups in total. The molecule has 1 aromatic heterocycles. The standard InChI is InChI=1S/C21H20N3/c1-24(12-5-2-6-13-24)14-11-21-19-15-16(22)9-10-17(19)18-7-3-4-8-20(18)23-21/h2-12,14-15H,13,22H2,1H3/q+1/b14-11-. The Balaban J connectivity index is 1.91. The van der Waals surface area contributed by atoms with E-state index in [0.717, 1.165) is 38.7 Å². The first-order chi connectivity index (χ1) is 11.6. The maximum atomic E-state index is 6.03. The molecule has 2 aromatic carbocycles. The number of quaternary nitrogens is 1. The Bertz CT molecular complexity index is 1010. The largest absolute Gasteiger partial charge is 0.399 e. The Labute approximate surface area is 141 Å². The van der Waals surface area contributed by atoms with Gasteiger partial charge in [-0.15, -0.1) is 0 Å². The number of anilines is 1. The lowest BCUT2D eigenvalue weighted by atomic mass is 10.0. The van der Waals surface area contributed by atoms with E-state index in [1.165, 1.54) is 5.39 Å². The number of hydrogen-bond acceptors (Lipinski definition) is 2. The van der Waals surface area contributed by atoms with Gasteiger partial charge in [0.1, 0.15) is 18.9 Å². The Morgan fingerprint density at radius 1 is 1.04 bits per heavy atom. The molecule has 3 heteroatoms. The van der Waals surface area contributed by atoms with E-state index in [9.17, 15) is 0 Å². The van der Waals surface area contributed by atoms with E-state index in [-0.39, 0.29) is 0 Å². The van der Waals surface area contributed by atoms with Crippen LogP contribution >= 0.6 is 0 Å². The summed E-state index contributed by atoms with van der Waals surface area (Å²) in [4.78, 5) is 4.87. The smallest absolute Gasteiger partial charge is 0.106 e. The number of aromatic nitrogens is 1. The monoisotopic (exact) mass is 314 g/mol. The van der Waals surface area contributed by atoms with Gasteiger partial charge in [0, 0.05) is 22.5 Å². The molecule has 0 saturated carbocycles. The van der Waals surface area contributed by atoms with Crippen molar-refractivity contribution >= 4 is 33.4 Å². The topological polar surface area (TPSA) is 38.9 Å². The molecular formula is C21H20N3+. The summed E-state index contributed by atoms with van der Waals surface area (Å²) in [5, 5.41) is 3.44. The molecule has 0 amide bonds. The summed E-state index contributed by atoms with van der Waals surface area (Å²) < 4.78 is 0.731. The highest BCUT2D eigenvalue weighted by Crippen LogP contribution is 2.29. The highest BCUT2D eigenvalue weighted by atomic mass is 15.3. The second-order valence-electron chi connectivity index (χ2n) is 6.43. The quantitative estimate of drug-likeness (QED) is 0.430. The van der Waals surface area contributed by atoms with Gasteiger partial charge in [0.25, 0.3) is 0 Å². The number of likely N-dealkylation sites (N-methyl/N-ethyl adjacent to an activating group) is 1. The average Bonchev–Trinajstić information content (AvgIpc) is 2.60. The fourth-order valence-electron chi connectivity index (χ4n) is 3.15. The second-order valence-corrected chi connectivity index (χ2v) is 6.43. The number of hydrogen-bond donors (Lipinski definition) is 1. The average molecular weight is 314 g/mol. The zero-order chi connectivity index (χ0) is 16.6. The van der Waals surface area contributed by atoms with Crippen LogP contribution in [0.1, 0.15) is 5.69 Å². The van der Waals surface area contributed by atoms with Crippen molar-refractivity contribution in [3.63, 3.8) is 0 Å². The number of nitrogen functional groups attached to an aromatic ring is 1. The number of fused-ring (bicyclic) bond motifs is 3. The van der Waals surface area contributed by atoms with Gasteiger partial charge in [-0.1, -0.05) is 30.3 Å². The molecule has 0 spiro atoms. The van der Waals surface area contributed by atoms with Crippen molar-refractivity contribution in [1.29, 1.82) is 0 Å². The van der Waals surface area contributed by atoms with Gasteiger partial charge in [0.05, 0.1) is 18.3 Å². The zero-order valence-electron chi connectivity index (χ0n) is 13.7. The molecule has 0 radical (unpaired) electrons. The zero-order valence-corrected chi connectivity index (χ0v) is 13.7. The van der Waals surface area contributed by atoms with Crippen molar-refractivity contribution in [2.45, 2.75) is 0 Å². The Morgan fingerprint density at radius 2 is 1.92 bits per heavy atom. The van der Waals surface area contributed by atoms with Gasteiger partial charge in [-0.3, -0.25) is 4.48 Å². The van der Waals surface area contributed by atoms with Gasteiger partial charge in [-0.05, 0) is 35.7 Å². The second kappa shape index (κ2) is 5.62. The number of benzene rings is 2. The van der Waals surface area contributed by atoms with Gasteiger partial charge in [0.15, 0.2) is 0 Å². The van der Waals surface area contributed by atoms with E-state index in [1.807, 2.05) is 24.3 Å². The molecule has 118 valence electrons. The maximum Gasteiger partial charge on any atom is 0.106 e. The van der Waals surface area contributed by atoms with Crippen LogP contribution in [0.3, 0.4) is 0 Å². The number of rotatable bonds is 2. The molecule has 3 nitrogen and oxygen atoms in total. The van der Waals surface area contributed by atoms with Crippen LogP contribution in [-0.2, 0) is 0 Å². The van der Waals surface area contributed by atoms with Crippen molar-refractivity contribution in [2.24, 2.45) is 0 Å². The Morgan fingerprint density at radius 3 is 2.75 bits per heavy atom. The summed E-state index contributed by atoms with van der Waals surface area (Å²) in [6.07, 6.45) is 12.8. The summed E-state index contributed by atoms with van der Waals surface area (Å²) in [7, 11) is 2.17. The first kappa shape index (κ1) is 14.7. The van der Waals surface area contributed by atoms with Crippen LogP contribution < -0.4 is 5.73 Å². The van der Waals surface area contributed by atoms with Gasteiger partial charge in [-0.2, -0.15) is 0 Å². The highest BCUT2D eigenvalue weighted by Gasteiger charge is 2.15. The molecule has 1 aliphatic rings. The van der Waals surface area contributed by atoms with Crippen molar-refractivity contribution in [1.82, 2.24) is 4.98 Å². The molecule has 0 aliphatic carbocycles. The Hall–Kier alpha value is -2.91. The SMILES string of the molecule is C[N+]1(/C=C\c2nc3ccccc3c3ccc(N)cc23)C=CC=CC1.